The van der Waals surface area contributed by atoms with Crippen LogP contribution in [0.1, 0.15) is 6.92 Å². The highest BCUT2D eigenvalue weighted by Crippen LogP contribution is 2.23. The van der Waals surface area contributed by atoms with Crippen molar-refractivity contribution in [2.75, 3.05) is 19.8 Å². The minimum Gasteiger partial charge on any atom is -0.465 e. The maximum Gasteiger partial charge on any atom is 0.320 e. The van der Waals surface area contributed by atoms with Crippen LogP contribution in [0.15, 0.2) is 5.11 Å². The summed E-state index contributed by atoms with van der Waals surface area (Å²) in [6.45, 7) is 2.02. The molecule has 1 rings (SSSR count). The van der Waals surface area contributed by atoms with Crippen LogP contribution in [0.5, 0.6) is 0 Å². The normalized spacial score (nSPS) is 24.2. The van der Waals surface area contributed by atoms with E-state index < -0.39 is 23.8 Å². The van der Waals surface area contributed by atoms with Crippen LogP contribution < -0.4 is 0 Å². The monoisotopic (exact) mass is 213 g/mol. The van der Waals surface area contributed by atoms with E-state index in [1.165, 1.54) is 0 Å². The molecule has 0 aromatic heterocycles. The molecule has 1 unspecified atom stereocenters. The molecule has 0 aliphatic carbocycles. The molecule has 0 aromatic rings. The highest BCUT2D eigenvalue weighted by Gasteiger charge is 2.42. The number of azide groups is 1. The molecule has 2 atom stereocenters. The molecule has 0 radical (unpaired) electrons. The van der Waals surface area contributed by atoms with Crippen molar-refractivity contribution in [2.24, 2.45) is 17.0 Å². The van der Waals surface area contributed by atoms with Gasteiger partial charge >= 0.3 is 11.9 Å². The number of rotatable bonds is 4. The number of carbonyl (C=O) groups is 2. The van der Waals surface area contributed by atoms with E-state index in [-0.39, 0.29) is 19.8 Å². The predicted molar refractivity (Wildman–Crippen MR) is 48.6 cm³/mol. The first-order valence-corrected chi connectivity index (χ1v) is 4.54. The number of hydrogen-bond acceptors (Lipinski definition) is 5. The maximum atomic E-state index is 11.4. The van der Waals surface area contributed by atoms with Crippen LogP contribution >= 0.6 is 0 Å². The molecule has 1 aliphatic heterocycles. The third kappa shape index (κ3) is 2.60. The second-order valence-electron chi connectivity index (χ2n) is 3.03. The fourth-order valence-electron chi connectivity index (χ4n) is 1.39. The minimum atomic E-state index is -0.949. The van der Waals surface area contributed by atoms with Crippen LogP contribution in [-0.2, 0) is 19.1 Å². The number of carbonyl (C=O) groups excluding carboxylic acids is 2. The molecular weight excluding hydrogens is 202 g/mol. The van der Waals surface area contributed by atoms with E-state index in [1.54, 1.807) is 6.92 Å². The smallest absolute Gasteiger partial charge is 0.320 e. The van der Waals surface area contributed by atoms with Crippen molar-refractivity contribution in [1.29, 1.82) is 0 Å². The largest absolute Gasteiger partial charge is 0.465 e. The van der Waals surface area contributed by atoms with Gasteiger partial charge in [-0.1, -0.05) is 5.11 Å². The van der Waals surface area contributed by atoms with Gasteiger partial charge in [0.2, 0.25) is 0 Å². The van der Waals surface area contributed by atoms with Gasteiger partial charge in [-0.25, -0.2) is 0 Å². The van der Waals surface area contributed by atoms with Gasteiger partial charge in [0.15, 0.2) is 5.92 Å². The van der Waals surface area contributed by atoms with Crippen molar-refractivity contribution in [3.63, 3.8) is 0 Å². The number of esters is 2. The third-order valence-corrected chi connectivity index (χ3v) is 2.08. The standard InChI is InChI=1S/C8H11N3O4/c1-2-14-7(12)6-5(3-10-11-9)4-15-8(6)13/h5-6H,2-4H2,1H3/t5-,6?/m0/s1. The molecule has 1 saturated heterocycles. The van der Waals surface area contributed by atoms with Crippen LogP contribution in [-0.4, -0.2) is 31.7 Å². The average molecular weight is 213 g/mol. The molecule has 0 saturated carbocycles. The van der Waals surface area contributed by atoms with E-state index in [2.05, 4.69) is 10.0 Å². The van der Waals surface area contributed by atoms with Gasteiger partial charge in [0.25, 0.3) is 0 Å². The Morgan fingerprint density at radius 1 is 1.80 bits per heavy atom. The van der Waals surface area contributed by atoms with E-state index in [9.17, 15) is 9.59 Å². The molecule has 0 aromatic carbocycles. The SMILES string of the molecule is CCOC(=O)C1C(=O)OC[C@@H]1CN=[N+]=[N-]. The van der Waals surface area contributed by atoms with Crippen molar-refractivity contribution in [3.05, 3.63) is 10.4 Å². The van der Waals surface area contributed by atoms with Gasteiger partial charge in [-0.2, -0.15) is 0 Å². The topological polar surface area (TPSA) is 101 Å². The summed E-state index contributed by atoms with van der Waals surface area (Å²) < 4.78 is 9.45. The maximum absolute atomic E-state index is 11.4. The highest BCUT2D eigenvalue weighted by atomic mass is 16.6. The lowest BCUT2D eigenvalue weighted by Gasteiger charge is -2.10. The molecular formula is C8H11N3O4. The predicted octanol–water partition coefficient (Wildman–Crippen LogP) is 0.649. The first-order valence-electron chi connectivity index (χ1n) is 4.54. The minimum absolute atomic E-state index is 0.0612. The molecule has 1 fully saturated rings. The molecule has 15 heavy (non-hydrogen) atoms. The summed E-state index contributed by atoms with van der Waals surface area (Å²) in [5.74, 6) is -2.58. The van der Waals surface area contributed by atoms with Gasteiger partial charge in [-0.15, -0.1) is 0 Å². The van der Waals surface area contributed by atoms with E-state index in [1.807, 2.05) is 0 Å². The summed E-state index contributed by atoms with van der Waals surface area (Å²) in [7, 11) is 0. The zero-order valence-electron chi connectivity index (χ0n) is 8.25. The van der Waals surface area contributed by atoms with Crippen LogP contribution in [0.2, 0.25) is 0 Å². The quantitative estimate of drug-likeness (QED) is 0.225. The van der Waals surface area contributed by atoms with Gasteiger partial charge in [0.05, 0.1) is 13.2 Å². The molecule has 7 nitrogen and oxygen atoms in total. The first kappa shape index (κ1) is 11.3. The molecule has 0 amide bonds. The van der Waals surface area contributed by atoms with Crippen molar-refractivity contribution in [2.45, 2.75) is 6.92 Å². The van der Waals surface area contributed by atoms with Gasteiger partial charge in [-0.3, -0.25) is 9.59 Å². The second-order valence-corrected chi connectivity index (χ2v) is 3.03. The van der Waals surface area contributed by atoms with Crippen molar-refractivity contribution < 1.29 is 19.1 Å². The fraction of sp³-hybridized carbons (Fsp3) is 0.750. The van der Waals surface area contributed by atoms with Gasteiger partial charge in [-0.05, 0) is 12.5 Å². The molecule has 0 spiro atoms. The van der Waals surface area contributed by atoms with Gasteiger partial charge in [0.1, 0.15) is 0 Å². The van der Waals surface area contributed by atoms with Crippen molar-refractivity contribution >= 4 is 11.9 Å². The third-order valence-electron chi connectivity index (χ3n) is 2.08. The van der Waals surface area contributed by atoms with Gasteiger partial charge < -0.3 is 9.47 Å². The summed E-state index contributed by atoms with van der Waals surface area (Å²) >= 11 is 0. The van der Waals surface area contributed by atoms with E-state index in [0.29, 0.717) is 0 Å². The van der Waals surface area contributed by atoms with Crippen LogP contribution in [0, 0.1) is 11.8 Å². The Morgan fingerprint density at radius 2 is 2.53 bits per heavy atom. The van der Waals surface area contributed by atoms with Crippen LogP contribution in [0.25, 0.3) is 10.4 Å². The van der Waals surface area contributed by atoms with Crippen LogP contribution in [0.3, 0.4) is 0 Å². The Balaban J connectivity index is 2.67. The first-order chi connectivity index (χ1) is 7.20. The molecule has 82 valence electrons. The van der Waals surface area contributed by atoms with E-state index in [0.717, 1.165) is 0 Å². The Hall–Kier alpha value is -1.75. The number of cyclic esters (lactones) is 1. The zero-order chi connectivity index (χ0) is 11.3. The zero-order valence-corrected chi connectivity index (χ0v) is 8.25. The summed E-state index contributed by atoms with van der Waals surface area (Å²) in [6, 6.07) is 0. The van der Waals surface area contributed by atoms with Crippen molar-refractivity contribution in [1.82, 2.24) is 0 Å². The lowest BCUT2D eigenvalue weighted by atomic mass is 9.96. The molecule has 7 heteroatoms. The molecule has 1 aliphatic rings. The van der Waals surface area contributed by atoms with Crippen LogP contribution in [0.4, 0.5) is 0 Å². The average Bonchev–Trinajstić information content (AvgIpc) is 2.57. The van der Waals surface area contributed by atoms with E-state index >= 15 is 0 Å². The van der Waals surface area contributed by atoms with Gasteiger partial charge in [0, 0.05) is 17.4 Å². The lowest BCUT2D eigenvalue weighted by Crippen LogP contribution is -2.29. The lowest BCUT2D eigenvalue weighted by molar-refractivity contribution is -0.156. The number of ether oxygens (including phenoxy) is 2. The Labute approximate surface area is 86.0 Å². The summed E-state index contributed by atoms with van der Waals surface area (Å²) in [4.78, 5) is 25.1. The molecule has 0 bridgehead atoms. The number of nitrogens with zero attached hydrogens (tertiary/aromatic N) is 3. The second kappa shape index (κ2) is 5.21. The van der Waals surface area contributed by atoms with E-state index in [4.69, 9.17) is 15.0 Å². The Bertz CT molecular complexity index is 311. The molecule has 0 N–H and O–H groups in total. The fourth-order valence-corrected chi connectivity index (χ4v) is 1.39. The summed E-state index contributed by atoms with van der Waals surface area (Å²) in [5.41, 5.74) is 8.14. The Kier molecular flexibility index (Phi) is 3.93. The van der Waals surface area contributed by atoms with Crippen molar-refractivity contribution in [3.8, 4) is 0 Å². The number of hydrogen-bond donors (Lipinski definition) is 0. The Morgan fingerprint density at radius 3 is 3.13 bits per heavy atom. The summed E-state index contributed by atoms with van der Waals surface area (Å²) in [6.07, 6.45) is 0. The summed E-state index contributed by atoms with van der Waals surface area (Å²) in [5, 5.41) is 3.32. The molecule has 1 heterocycles. The highest BCUT2D eigenvalue weighted by molar-refractivity contribution is 5.96.